The number of imidazole rings is 1. The van der Waals surface area contributed by atoms with E-state index in [4.69, 9.17) is 10.5 Å². The Kier molecular flexibility index (Phi) is 3.06. The van der Waals surface area contributed by atoms with Crippen molar-refractivity contribution in [3.8, 4) is 0 Å². The molecule has 0 atom stereocenters. The molecule has 6 nitrogen and oxygen atoms in total. The molecule has 0 saturated heterocycles. The highest BCUT2D eigenvalue weighted by Gasteiger charge is 2.15. The van der Waals surface area contributed by atoms with Gasteiger partial charge in [-0.2, -0.15) is 5.10 Å². The maximum atomic E-state index is 5.91. The van der Waals surface area contributed by atoms with E-state index in [1.807, 2.05) is 37.1 Å². The SMILES string of the molecule is Cc1nn(C)c2c1nc(N)n2CCOC(C)C. The molecule has 2 aromatic rings. The number of nitrogens with two attached hydrogens (primary N) is 1. The Balaban J connectivity index is 2.29. The number of nitrogens with zero attached hydrogens (tertiary/aromatic N) is 4. The van der Waals surface area contributed by atoms with Gasteiger partial charge in [-0.3, -0.25) is 9.25 Å². The number of rotatable bonds is 4. The second kappa shape index (κ2) is 4.37. The van der Waals surface area contributed by atoms with Crippen molar-refractivity contribution in [1.29, 1.82) is 0 Å². The Labute approximate surface area is 100 Å². The zero-order valence-electron chi connectivity index (χ0n) is 10.8. The quantitative estimate of drug-likeness (QED) is 0.864. The van der Waals surface area contributed by atoms with Gasteiger partial charge in [-0.05, 0) is 20.8 Å². The maximum Gasteiger partial charge on any atom is 0.202 e. The summed E-state index contributed by atoms with van der Waals surface area (Å²) in [6, 6.07) is 0. The zero-order chi connectivity index (χ0) is 12.6. The van der Waals surface area contributed by atoms with Crippen LogP contribution in [0.2, 0.25) is 0 Å². The van der Waals surface area contributed by atoms with E-state index in [0.717, 1.165) is 16.9 Å². The van der Waals surface area contributed by atoms with E-state index in [9.17, 15) is 0 Å². The molecule has 0 aliphatic rings. The highest BCUT2D eigenvalue weighted by atomic mass is 16.5. The molecule has 0 bridgehead atoms. The molecular weight excluding hydrogens is 218 g/mol. The van der Waals surface area contributed by atoms with Gasteiger partial charge in [0.1, 0.15) is 5.52 Å². The van der Waals surface area contributed by atoms with Gasteiger partial charge in [0.25, 0.3) is 0 Å². The third-order valence-electron chi connectivity index (χ3n) is 2.69. The van der Waals surface area contributed by atoms with Crippen LogP contribution in [0.4, 0.5) is 5.95 Å². The lowest BCUT2D eigenvalue weighted by Gasteiger charge is -2.09. The minimum Gasteiger partial charge on any atom is -0.377 e. The fourth-order valence-electron chi connectivity index (χ4n) is 1.95. The van der Waals surface area contributed by atoms with E-state index in [2.05, 4.69) is 10.1 Å². The minimum atomic E-state index is 0.225. The molecule has 2 heterocycles. The normalized spacial score (nSPS) is 11.8. The lowest BCUT2D eigenvalue weighted by Crippen LogP contribution is -2.13. The molecule has 0 aliphatic carbocycles. The Bertz CT molecular complexity index is 525. The Morgan fingerprint density at radius 2 is 2.12 bits per heavy atom. The van der Waals surface area contributed by atoms with E-state index >= 15 is 0 Å². The predicted octanol–water partition coefficient (Wildman–Crippen LogP) is 1.09. The van der Waals surface area contributed by atoms with E-state index in [-0.39, 0.29) is 6.10 Å². The first-order valence-electron chi connectivity index (χ1n) is 5.77. The van der Waals surface area contributed by atoms with Crippen molar-refractivity contribution in [3.05, 3.63) is 5.69 Å². The average molecular weight is 237 g/mol. The maximum absolute atomic E-state index is 5.91. The fraction of sp³-hybridized carbons (Fsp3) is 0.636. The van der Waals surface area contributed by atoms with Crippen LogP contribution in [-0.4, -0.2) is 32.0 Å². The van der Waals surface area contributed by atoms with Gasteiger partial charge in [0, 0.05) is 7.05 Å². The summed E-state index contributed by atoms with van der Waals surface area (Å²) in [7, 11) is 1.90. The largest absolute Gasteiger partial charge is 0.377 e. The Hall–Kier alpha value is -1.56. The molecule has 2 N–H and O–H groups in total. The van der Waals surface area contributed by atoms with Gasteiger partial charge in [-0.15, -0.1) is 0 Å². The molecule has 0 saturated carbocycles. The summed E-state index contributed by atoms with van der Waals surface area (Å²) in [6.45, 7) is 7.28. The first kappa shape index (κ1) is 11.9. The summed E-state index contributed by atoms with van der Waals surface area (Å²) in [5.74, 6) is 0.517. The molecule has 94 valence electrons. The number of fused-ring (bicyclic) bond motifs is 1. The van der Waals surface area contributed by atoms with Gasteiger partial charge in [-0.25, -0.2) is 4.98 Å². The smallest absolute Gasteiger partial charge is 0.202 e. The summed E-state index contributed by atoms with van der Waals surface area (Å²) in [5.41, 5.74) is 8.63. The average Bonchev–Trinajstić information content (AvgIpc) is 2.68. The summed E-state index contributed by atoms with van der Waals surface area (Å²) < 4.78 is 9.28. The standard InChI is InChI=1S/C11H19N5O/c1-7(2)17-6-5-16-10-9(13-11(16)12)8(3)14-15(10)4/h7H,5-6H2,1-4H3,(H2,12,13). The van der Waals surface area contributed by atoms with Crippen LogP contribution in [0.25, 0.3) is 11.2 Å². The monoisotopic (exact) mass is 237 g/mol. The number of hydrogen-bond acceptors (Lipinski definition) is 4. The Morgan fingerprint density at radius 1 is 1.41 bits per heavy atom. The molecule has 2 aromatic heterocycles. The summed E-state index contributed by atoms with van der Waals surface area (Å²) in [4.78, 5) is 4.33. The van der Waals surface area contributed by atoms with Crippen LogP contribution in [-0.2, 0) is 18.3 Å². The van der Waals surface area contributed by atoms with Crippen LogP contribution < -0.4 is 5.73 Å². The second-order valence-electron chi connectivity index (χ2n) is 4.42. The van der Waals surface area contributed by atoms with Crippen LogP contribution >= 0.6 is 0 Å². The topological polar surface area (TPSA) is 70.9 Å². The van der Waals surface area contributed by atoms with Crippen molar-refractivity contribution < 1.29 is 4.74 Å². The molecule has 0 amide bonds. The molecular formula is C11H19N5O. The van der Waals surface area contributed by atoms with Crippen LogP contribution in [0.1, 0.15) is 19.5 Å². The number of hydrogen-bond donors (Lipinski definition) is 1. The number of nitrogen functional groups attached to an aromatic ring is 1. The first-order chi connectivity index (χ1) is 8.00. The highest BCUT2D eigenvalue weighted by Crippen LogP contribution is 2.19. The summed E-state index contributed by atoms with van der Waals surface area (Å²) >= 11 is 0. The molecule has 0 fully saturated rings. The lowest BCUT2D eigenvalue weighted by molar-refractivity contribution is 0.0734. The van der Waals surface area contributed by atoms with Crippen molar-refractivity contribution in [2.75, 3.05) is 12.3 Å². The molecule has 0 spiro atoms. The van der Waals surface area contributed by atoms with Crippen molar-refractivity contribution >= 4 is 17.1 Å². The molecule has 2 rings (SSSR count). The predicted molar refractivity (Wildman–Crippen MR) is 66.7 cm³/mol. The molecule has 17 heavy (non-hydrogen) atoms. The van der Waals surface area contributed by atoms with Gasteiger partial charge < -0.3 is 10.5 Å². The van der Waals surface area contributed by atoms with E-state index in [1.54, 1.807) is 0 Å². The van der Waals surface area contributed by atoms with Crippen LogP contribution in [0.15, 0.2) is 0 Å². The van der Waals surface area contributed by atoms with Crippen LogP contribution in [0.5, 0.6) is 0 Å². The second-order valence-corrected chi connectivity index (χ2v) is 4.42. The van der Waals surface area contributed by atoms with Gasteiger partial charge in [0.05, 0.1) is 24.9 Å². The van der Waals surface area contributed by atoms with Gasteiger partial charge in [-0.1, -0.05) is 0 Å². The molecule has 0 unspecified atom stereocenters. The number of aryl methyl sites for hydroxylation is 2. The number of anilines is 1. The van der Waals surface area contributed by atoms with Gasteiger partial charge >= 0.3 is 0 Å². The molecule has 0 radical (unpaired) electrons. The zero-order valence-corrected chi connectivity index (χ0v) is 10.8. The van der Waals surface area contributed by atoms with E-state index in [0.29, 0.717) is 19.1 Å². The fourth-order valence-corrected chi connectivity index (χ4v) is 1.95. The number of ether oxygens (including phenoxy) is 1. The van der Waals surface area contributed by atoms with Gasteiger partial charge in [0.2, 0.25) is 5.95 Å². The van der Waals surface area contributed by atoms with Crippen molar-refractivity contribution in [2.45, 2.75) is 33.4 Å². The van der Waals surface area contributed by atoms with Crippen molar-refractivity contribution in [3.63, 3.8) is 0 Å². The molecule has 0 aromatic carbocycles. The van der Waals surface area contributed by atoms with Crippen LogP contribution in [0.3, 0.4) is 0 Å². The van der Waals surface area contributed by atoms with Gasteiger partial charge in [0.15, 0.2) is 5.65 Å². The molecule has 0 aliphatic heterocycles. The highest BCUT2D eigenvalue weighted by molar-refractivity contribution is 5.77. The van der Waals surface area contributed by atoms with Crippen molar-refractivity contribution in [1.82, 2.24) is 19.3 Å². The third kappa shape index (κ3) is 2.12. The minimum absolute atomic E-state index is 0.225. The van der Waals surface area contributed by atoms with E-state index < -0.39 is 0 Å². The third-order valence-corrected chi connectivity index (χ3v) is 2.69. The Morgan fingerprint density at radius 3 is 2.76 bits per heavy atom. The molecule has 6 heteroatoms. The van der Waals surface area contributed by atoms with E-state index in [1.165, 1.54) is 0 Å². The lowest BCUT2D eigenvalue weighted by atomic mass is 10.4. The van der Waals surface area contributed by atoms with Crippen molar-refractivity contribution in [2.24, 2.45) is 7.05 Å². The van der Waals surface area contributed by atoms with Crippen LogP contribution in [0, 0.1) is 6.92 Å². The summed E-state index contributed by atoms with van der Waals surface area (Å²) in [6.07, 6.45) is 0.225. The first-order valence-corrected chi connectivity index (χ1v) is 5.77. The number of aromatic nitrogens is 4. The summed E-state index contributed by atoms with van der Waals surface area (Å²) in [5, 5.41) is 4.33.